The highest BCUT2D eigenvalue weighted by atomic mass is 16.5. The van der Waals surface area contributed by atoms with Gasteiger partial charge in [0.2, 0.25) is 5.91 Å². The van der Waals surface area contributed by atoms with Crippen LogP contribution in [0.15, 0.2) is 24.3 Å². The van der Waals surface area contributed by atoms with Crippen LogP contribution < -0.4 is 9.47 Å². The lowest BCUT2D eigenvalue weighted by molar-refractivity contribution is -0.130. The normalized spacial score (nSPS) is 16.1. The number of amides is 1. The Morgan fingerprint density at radius 3 is 2.61 bits per heavy atom. The van der Waals surface area contributed by atoms with Crippen molar-refractivity contribution >= 4 is 11.9 Å². The van der Waals surface area contributed by atoms with Gasteiger partial charge in [-0.3, -0.25) is 9.48 Å². The molecule has 0 saturated carbocycles. The van der Waals surface area contributed by atoms with Gasteiger partial charge in [0, 0.05) is 32.0 Å². The SMILES string of the molecule is CCC(=O)N1CCC(OC(=O)c2cc(-c3ccc(OC)c(OC)c3)n(C)n2)C1. The first-order chi connectivity index (χ1) is 13.5. The van der Waals surface area contributed by atoms with Crippen molar-refractivity contribution in [1.82, 2.24) is 14.7 Å². The first kappa shape index (κ1) is 19.7. The Kier molecular flexibility index (Phi) is 5.87. The summed E-state index contributed by atoms with van der Waals surface area (Å²) in [5.74, 6) is 0.808. The molecule has 1 fully saturated rings. The number of ether oxygens (including phenoxy) is 3. The first-order valence-corrected chi connectivity index (χ1v) is 9.22. The second-order valence-electron chi connectivity index (χ2n) is 6.62. The molecule has 2 heterocycles. The molecule has 3 rings (SSSR count). The summed E-state index contributed by atoms with van der Waals surface area (Å²) >= 11 is 0. The van der Waals surface area contributed by atoms with E-state index in [1.165, 1.54) is 0 Å². The van der Waals surface area contributed by atoms with E-state index in [-0.39, 0.29) is 17.7 Å². The predicted octanol–water partition coefficient (Wildman–Crippen LogP) is 2.27. The Morgan fingerprint density at radius 1 is 1.18 bits per heavy atom. The Bertz CT molecular complexity index is 877. The average molecular weight is 387 g/mol. The summed E-state index contributed by atoms with van der Waals surface area (Å²) in [6.45, 7) is 2.88. The summed E-state index contributed by atoms with van der Waals surface area (Å²) in [6.07, 6.45) is 0.803. The number of esters is 1. The molecule has 0 bridgehead atoms. The van der Waals surface area contributed by atoms with E-state index >= 15 is 0 Å². The van der Waals surface area contributed by atoms with E-state index in [4.69, 9.17) is 14.2 Å². The van der Waals surface area contributed by atoms with Gasteiger partial charge in [-0.05, 0) is 24.3 Å². The summed E-state index contributed by atoms with van der Waals surface area (Å²) in [7, 11) is 4.91. The number of rotatable bonds is 6. The highest BCUT2D eigenvalue weighted by Crippen LogP contribution is 2.32. The molecular formula is C20H25N3O5. The largest absolute Gasteiger partial charge is 0.493 e. The Labute approximate surface area is 164 Å². The van der Waals surface area contributed by atoms with Gasteiger partial charge in [-0.25, -0.2) is 4.79 Å². The zero-order valence-corrected chi connectivity index (χ0v) is 16.6. The third-order valence-electron chi connectivity index (χ3n) is 4.84. The van der Waals surface area contributed by atoms with Gasteiger partial charge >= 0.3 is 5.97 Å². The Morgan fingerprint density at radius 2 is 1.93 bits per heavy atom. The van der Waals surface area contributed by atoms with E-state index in [1.54, 1.807) is 43.0 Å². The van der Waals surface area contributed by atoms with Crippen LogP contribution in [0.1, 0.15) is 30.3 Å². The van der Waals surface area contributed by atoms with E-state index in [2.05, 4.69) is 5.10 Å². The minimum atomic E-state index is -0.488. The standard InChI is InChI=1S/C20H25N3O5/c1-5-19(24)23-9-8-14(12-23)28-20(25)15-11-16(22(2)21-15)13-6-7-17(26-3)18(10-13)27-4/h6-7,10-11,14H,5,8-9,12H2,1-4H3. The van der Waals surface area contributed by atoms with Crippen molar-refractivity contribution in [2.45, 2.75) is 25.9 Å². The number of carbonyl (C=O) groups excluding carboxylic acids is 2. The predicted molar refractivity (Wildman–Crippen MR) is 102 cm³/mol. The molecule has 8 nitrogen and oxygen atoms in total. The van der Waals surface area contributed by atoms with Crippen LogP contribution in [0.3, 0.4) is 0 Å². The van der Waals surface area contributed by atoms with Crippen LogP contribution in [0.5, 0.6) is 11.5 Å². The molecule has 1 aliphatic rings. The van der Waals surface area contributed by atoms with Crippen molar-refractivity contribution in [3.05, 3.63) is 30.0 Å². The molecule has 1 aromatic heterocycles. The number of benzene rings is 1. The maximum atomic E-state index is 12.5. The molecule has 1 amide bonds. The maximum Gasteiger partial charge on any atom is 0.359 e. The third-order valence-corrected chi connectivity index (χ3v) is 4.84. The zero-order chi connectivity index (χ0) is 20.3. The summed E-state index contributed by atoms with van der Waals surface area (Å²) in [5.41, 5.74) is 1.82. The first-order valence-electron chi connectivity index (χ1n) is 9.22. The maximum absolute atomic E-state index is 12.5. The molecule has 1 atom stereocenters. The van der Waals surface area contributed by atoms with Gasteiger partial charge in [-0.2, -0.15) is 5.10 Å². The lowest BCUT2D eigenvalue weighted by Gasteiger charge is -2.15. The fourth-order valence-electron chi connectivity index (χ4n) is 3.32. The molecule has 28 heavy (non-hydrogen) atoms. The smallest absolute Gasteiger partial charge is 0.359 e. The summed E-state index contributed by atoms with van der Waals surface area (Å²) in [6, 6.07) is 7.19. The van der Waals surface area contributed by atoms with Crippen LogP contribution in [0.4, 0.5) is 0 Å². The van der Waals surface area contributed by atoms with Gasteiger partial charge in [0.25, 0.3) is 0 Å². The van der Waals surface area contributed by atoms with E-state index < -0.39 is 5.97 Å². The molecule has 0 N–H and O–H groups in total. The number of methoxy groups -OCH3 is 2. The second-order valence-corrected chi connectivity index (χ2v) is 6.62. The minimum absolute atomic E-state index is 0.0760. The molecule has 1 unspecified atom stereocenters. The van der Waals surface area contributed by atoms with Gasteiger partial charge in [-0.1, -0.05) is 6.92 Å². The highest BCUT2D eigenvalue weighted by molar-refractivity contribution is 5.89. The quantitative estimate of drug-likeness (QED) is 0.707. The molecule has 8 heteroatoms. The molecule has 1 aromatic carbocycles. The summed E-state index contributed by atoms with van der Waals surface area (Å²) < 4.78 is 17.8. The van der Waals surface area contributed by atoms with Gasteiger partial charge in [0.15, 0.2) is 17.2 Å². The molecule has 0 radical (unpaired) electrons. The number of likely N-dealkylation sites (tertiary alicyclic amines) is 1. The van der Waals surface area contributed by atoms with Crippen LogP contribution in [-0.4, -0.2) is 60.0 Å². The fraction of sp³-hybridized carbons (Fsp3) is 0.450. The number of aryl methyl sites for hydroxylation is 1. The monoisotopic (exact) mass is 387 g/mol. The molecule has 1 aliphatic heterocycles. The van der Waals surface area contributed by atoms with Gasteiger partial charge in [0.1, 0.15) is 6.10 Å². The van der Waals surface area contributed by atoms with Crippen molar-refractivity contribution in [2.24, 2.45) is 7.05 Å². The lowest BCUT2D eigenvalue weighted by atomic mass is 10.1. The second kappa shape index (κ2) is 8.33. The van der Waals surface area contributed by atoms with Crippen molar-refractivity contribution < 1.29 is 23.8 Å². The molecule has 0 aliphatic carbocycles. The van der Waals surface area contributed by atoms with Crippen LogP contribution in [-0.2, 0) is 16.6 Å². The third kappa shape index (κ3) is 3.95. The van der Waals surface area contributed by atoms with Crippen molar-refractivity contribution in [1.29, 1.82) is 0 Å². The minimum Gasteiger partial charge on any atom is -0.493 e. The number of aromatic nitrogens is 2. The molecule has 150 valence electrons. The molecule has 2 aromatic rings. The van der Waals surface area contributed by atoms with Crippen LogP contribution >= 0.6 is 0 Å². The van der Waals surface area contributed by atoms with E-state index in [1.807, 2.05) is 19.1 Å². The van der Waals surface area contributed by atoms with E-state index in [0.29, 0.717) is 37.4 Å². The van der Waals surface area contributed by atoms with Crippen LogP contribution in [0.2, 0.25) is 0 Å². The van der Waals surface area contributed by atoms with Gasteiger partial charge in [0.05, 0.1) is 26.5 Å². The molecular weight excluding hydrogens is 362 g/mol. The van der Waals surface area contributed by atoms with E-state index in [0.717, 1.165) is 11.3 Å². The van der Waals surface area contributed by atoms with Crippen molar-refractivity contribution in [3.8, 4) is 22.8 Å². The van der Waals surface area contributed by atoms with Crippen molar-refractivity contribution in [2.75, 3.05) is 27.3 Å². The molecule has 0 spiro atoms. The highest BCUT2D eigenvalue weighted by Gasteiger charge is 2.29. The van der Waals surface area contributed by atoms with Gasteiger partial charge in [-0.15, -0.1) is 0 Å². The average Bonchev–Trinajstić information content (AvgIpc) is 3.33. The van der Waals surface area contributed by atoms with E-state index in [9.17, 15) is 9.59 Å². The fourth-order valence-corrected chi connectivity index (χ4v) is 3.32. The number of nitrogens with zero attached hydrogens (tertiary/aromatic N) is 3. The Hall–Kier alpha value is -3.03. The van der Waals surface area contributed by atoms with Gasteiger partial charge < -0.3 is 19.1 Å². The topological polar surface area (TPSA) is 82.9 Å². The number of carbonyl (C=O) groups is 2. The van der Waals surface area contributed by atoms with Crippen molar-refractivity contribution in [3.63, 3.8) is 0 Å². The summed E-state index contributed by atoms with van der Waals surface area (Å²) in [4.78, 5) is 26.0. The zero-order valence-electron chi connectivity index (χ0n) is 16.6. The number of hydrogen-bond donors (Lipinski definition) is 0. The molecule has 1 saturated heterocycles. The summed E-state index contributed by atoms with van der Waals surface area (Å²) in [5, 5.41) is 4.29. The van der Waals surface area contributed by atoms with Crippen LogP contribution in [0, 0.1) is 0 Å². The Balaban J connectivity index is 1.73. The number of hydrogen-bond acceptors (Lipinski definition) is 6. The lowest BCUT2D eigenvalue weighted by Crippen LogP contribution is -2.30. The van der Waals surface area contributed by atoms with Crippen LogP contribution in [0.25, 0.3) is 11.3 Å².